The summed E-state index contributed by atoms with van der Waals surface area (Å²) in [4.78, 5) is 28.4. The minimum atomic E-state index is -3.49. The van der Waals surface area contributed by atoms with Crippen LogP contribution in [0.1, 0.15) is 15.9 Å². The van der Waals surface area contributed by atoms with Gasteiger partial charge in [0.1, 0.15) is 0 Å². The maximum Gasteiger partial charge on any atom is 0.282 e. The fourth-order valence-corrected chi connectivity index (χ4v) is 5.12. The molecule has 0 unspecified atom stereocenters. The number of carbonyl (C=O) groups excluding carboxylic acids is 2. The molecule has 160 valence electrons. The second-order valence-electron chi connectivity index (χ2n) is 7.49. The van der Waals surface area contributed by atoms with Crippen molar-refractivity contribution in [2.24, 2.45) is 0 Å². The third-order valence-corrected chi connectivity index (χ3v) is 7.53. The summed E-state index contributed by atoms with van der Waals surface area (Å²) in [5.41, 5.74) is 1.39. The van der Waals surface area contributed by atoms with Crippen LogP contribution in [0.15, 0.2) is 24.3 Å². The first kappa shape index (κ1) is 21.7. The molecule has 1 aromatic carbocycles. The van der Waals surface area contributed by atoms with E-state index in [0.29, 0.717) is 31.7 Å². The first-order valence-electron chi connectivity index (χ1n) is 9.84. The van der Waals surface area contributed by atoms with Crippen molar-refractivity contribution < 1.29 is 18.0 Å². The zero-order valence-corrected chi connectivity index (χ0v) is 17.8. The van der Waals surface area contributed by atoms with Gasteiger partial charge in [0.05, 0.1) is 6.54 Å². The molecule has 0 bridgehead atoms. The van der Waals surface area contributed by atoms with Gasteiger partial charge < -0.3 is 15.1 Å². The summed E-state index contributed by atoms with van der Waals surface area (Å²) in [6.07, 6.45) is 0. The minimum Gasteiger partial charge on any atom is -0.343 e. The fourth-order valence-electron chi connectivity index (χ4n) is 3.54. The highest BCUT2D eigenvalue weighted by atomic mass is 32.2. The average molecular weight is 424 g/mol. The topological polar surface area (TPSA) is 93.3 Å². The summed E-state index contributed by atoms with van der Waals surface area (Å²) in [7, 11) is -1.51. The van der Waals surface area contributed by atoms with Crippen LogP contribution in [0.3, 0.4) is 0 Å². The van der Waals surface area contributed by atoms with Crippen LogP contribution in [0.25, 0.3) is 0 Å². The smallest absolute Gasteiger partial charge is 0.282 e. The Morgan fingerprint density at radius 2 is 1.48 bits per heavy atom. The Kier molecular flexibility index (Phi) is 6.89. The highest BCUT2D eigenvalue weighted by Crippen LogP contribution is 2.14. The van der Waals surface area contributed by atoms with Gasteiger partial charge in [0.25, 0.3) is 16.1 Å². The van der Waals surface area contributed by atoms with E-state index in [-0.39, 0.29) is 31.4 Å². The molecule has 2 heterocycles. The summed E-state index contributed by atoms with van der Waals surface area (Å²) in [6, 6.07) is 7.20. The molecule has 0 radical (unpaired) electrons. The lowest BCUT2D eigenvalue weighted by Gasteiger charge is -2.39. The van der Waals surface area contributed by atoms with E-state index in [0.717, 1.165) is 18.7 Å². The number of carbonyl (C=O) groups is 2. The van der Waals surface area contributed by atoms with Crippen LogP contribution in [0.2, 0.25) is 0 Å². The Morgan fingerprint density at radius 1 is 0.931 bits per heavy atom. The molecule has 0 atom stereocenters. The van der Waals surface area contributed by atoms with Gasteiger partial charge in [-0.05, 0) is 25.6 Å². The van der Waals surface area contributed by atoms with Crippen molar-refractivity contribution in [3.05, 3.63) is 35.4 Å². The van der Waals surface area contributed by atoms with E-state index >= 15 is 0 Å². The molecule has 29 heavy (non-hydrogen) atoms. The Labute approximate surface area is 172 Å². The summed E-state index contributed by atoms with van der Waals surface area (Å²) < 4.78 is 28.6. The molecule has 0 aliphatic carbocycles. The lowest BCUT2D eigenvalue weighted by Crippen LogP contribution is -2.57. The zero-order chi connectivity index (χ0) is 21.0. The van der Waals surface area contributed by atoms with Crippen molar-refractivity contribution in [2.45, 2.75) is 6.92 Å². The van der Waals surface area contributed by atoms with E-state index in [1.807, 2.05) is 26.1 Å². The van der Waals surface area contributed by atoms with Crippen molar-refractivity contribution in [1.29, 1.82) is 0 Å². The van der Waals surface area contributed by atoms with Crippen molar-refractivity contribution in [3.63, 3.8) is 0 Å². The number of likely N-dealkylation sites (N-methyl/N-ethyl adjacent to an activating group) is 1. The van der Waals surface area contributed by atoms with Crippen LogP contribution in [-0.2, 0) is 15.0 Å². The number of benzene rings is 1. The number of aryl methyl sites for hydroxylation is 1. The third kappa shape index (κ3) is 5.13. The van der Waals surface area contributed by atoms with Gasteiger partial charge >= 0.3 is 0 Å². The Balaban J connectivity index is 1.48. The van der Waals surface area contributed by atoms with E-state index in [2.05, 4.69) is 10.2 Å². The maximum absolute atomic E-state index is 12.8. The monoisotopic (exact) mass is 423 g/mol. The third-order valence-electron chi connectivity index (χ3n) is 5.50. The van der Waals surface area contributed by atoms with Gasteiger partial charge in [-0.15, -0.1) is 0 Å². The van der Waals surface area contributed by atoms with Crippen LogP contribution >= 0.6 is 0 Å². The first-order valence-corrected chi connectivity index (χ1v) is 11.2. The Hall–Kier alpha value is -2.01. The van der Waals surface area contributed by atoms with Gasteiger partial charge in [0.15, 0.2) is 0 Å². The number of nitrogens with zero attached hydrogens (tertiary/aromatic N) is 4. The number of nitrogens with one attached hydrogen (secondary N) is 1. The number of hydrogen-bond acceptors (Lipinski definition) is 5. The number of rotatable bonds is 5. The van der Waals surface area contributed by atoms with E-state index in [9.17, 15) is 18.0 Å². The van der Waals surface area contributed by atoms with Crippen LogP contribution < -0.4 is 5.32 Å². The molecule has 0 aromatic heterocycles. The van der Waals surface area contributed by atoms with E-state index in [4.69, 9.17) is 0 Å². The molecular formula is C19H29N5O4S. The molecule has 1 N–H and O–H groups in total. The predicted molar refractivity (Wildman–Crippen MR) is 110 cm³/mol. The maximum atomic E-state index is 12.8. The molecule has 3 rings (SSSR count). The summed E-state index contributed by atoms with van der Waals surface area (Å²) in [6.45, 7) is 5.36. The van der Waals surface area contributed by atoms with Gasteiger partial charge in [0.2, 0.25) is 5.91 Å². The molecular weight excluding hydrogens is 394 g/mol. The second-order valence-corrected chi connectivity index (χ2v) is 9.42. The SMILES string of the molecule is Cc1ccccc1C(=O)NCC(=O)N1CCN(S(=O)(=O)N2CCN(C)CC2)CC1. The van der Waals surface area contributed by atoms with Crippen molar-refractivity contribution >= 4 is 22.0 Å². The standard InChI is InChI=1S/C19H29N5O4S/c1-16-5-3-4-6-17(16)19(26)20-15-18(25)22-9-13-24(14-10-22)29(27,28)23-11-7-21(2)8-12-23/h3-6H,7-15H2,1-2H3,(H,20,26). The lowest BCUT2D eigenvalue weighted by molar-refractivity contribution is -0.131. The summed E-state index contributed by atoms with van der Waals surface area (Å²) in [5, 5.41) is 2.66. The number of hydrogen-bond donors (Lipinski definition) is 1. The largest absolute Gasteiger partial charge is 0.343 e. The molecule has 2 aliphatic heterocycles. The van der Waals surface area contributed by atoms with E-state index in [1.165, 1.54) is 8.61 Å². The highest BCUT2D eigenvalue weighted by Gasteiger charge is 2.34. The number of amides is 2. The molecule has 2 saturated heterocycles. The van der Waals surface area contributed by atoms with Crippen molar-refractivity contribution in [2.75, 3.05) is 66.0 Å². The van der Waals surface area contributed by atoms with Crippen molar-refractivity contribution in [1.82, 2.24) is 23.7 Å². The summed E-state index contributed by atoms with van der Waals surface area (Å²) >= 11 is 0. The lowest BCUT2D eigenvalue weighted by atomic mass is 10.1. The summed E-state index contributed by atoms with van der Waals surface area (Å²) in [5.74, 6) is -0.490. The molecule has 10 heteroatoms. The van der Waals surface area contributed by atoms with Crippen LogP contribution in [0.5, 0.6) is 0 Å². The molecule has 0 spiro atoms. The molecule has 2 fully saturated rings. The highest BCUT2D eigenvalue weighted by molar-refractivity contribution is 7.86. The quantitative estimate of drug-likeness (QED) is 0.680. The Morgan fingerprint density at radius 3 is 2.07 bits per heavy atom. The normalized spacial score (nSPS) is 19.9. The number of piperazine rings is 2. The van der Waals surface area contributed by atoms with E-state index < -0.39 is 10.2 Å². The second kappa shape index (κ2) is 9.21. The Bertz CT molecular complexity index is 844. The first-order chi connectivity index (χ1) is 13.8. The molecule has 9 nitrogen and oxygen atoms in total. The molecule has 0 saturated carbocycles. The van der Waals surface area contributed by atoms with Crippen LogP contribution in [-0.4, -0.2) is 105 Å². The zero-order valence-electron chi connectivity index (χ0n) is 17.0. The van der Waals surface area contributed by atoms with Gasteiger partial charge in [0, 0.05) is 57.9 Å². The average Bonchev–Trinajstić information content (AvgIpc) is 2.72. The van der Waals surface area contributed by atoms with Gasteiger partial charge in [-0.2, -0.15) is 17.0 Å². The van der Waals surface area contributed by atoms with E-state index in [1.54, 1.807) is 17.0 Å². The molecule has 1 aromatic rings. The fraction of sp³-hybridized carbons (Fsp3) is 0.579. The van der Waals surface area contributed by atoms with Crippen molar-refractivity contribution in [3.8, 4) is 0 Å². The predicted octanol–water partition coefficient (Wildman–Crippen LogP) is -0.639. The van der Waals surface area contributed by atoms with Gasteiger partial charge in [-0.3, -0.25) is 9.59 Å². The van der Waals surface area contributed by atoms with Gasteiger partial charge in [-0.25, -0.2) is 0 Å². The van der Waals surface area contributed by atoms with Gasteiger partial charge in [-0.1, -0.05) is 18.2 Å². The molecule has 2 amide bonds. The minimum absolute atomic E-state index is 0.0988. The van der Waals surface area contributed by atoms with Crippen LogP contribution in [0.4, 0.5) is 0 Å². The van der Waals surface area contributed by atoms with Crippen LogP contribution in [0, 0.1) is 6.92 Å². The molecule has 2 aliphatic rings.